The maximum absolute atomic E-state index is 12.0. The topological polar surface area (TPSA) is 66.4 Å². The first kappa shape index (κ1) is 14.0. The highest BCUT2D eigenvalue weighted by Gasteiger charge is 2.68. The van der Waals surface area contributed by atoms with Crippen molar-refractivity contribution in [1.82, 2.24) is 5.32 Å². The Balaban J connectivity index is 2.40. The Morgan fingerprint density at radius 3 is 2.06 bits per heavy atom. The van der Waals surface area contributed by atoms with Crippen molar-refractivity contribution in [3.63, 3.8) is 0 Å². The number of hydrogen-bond acceptors (Lipinski definition) is 2. The van der Waals surface area contributed by atoms with Crippen LogP contribution in [0.25, 0.3) is 0 Å². The minimum atomic E-state index is -0.821. The van der Waals surface area contributed by atoms with Gasteiger partial charge in [0, 0.05) is 18.9 Å². The zero-order valence-electron chi connectivity index (χ0n) is 11.3. The second-order valence-electron chi connectivity index (χ2n) is 6.32. The van der Waals surface area contributed by atoms with Crippen molar-refractivity contribution in [2.24, 2.45) is 22.7 Å². The molecule has 1 atom stereocenters. The molecule has 0 aromatic rings. The van der Waals surface area contributed by atoms with Gasteiger partial charge >= 0.3 is 5.97 Å². The number of carbonyl (C=O) groups excluding carboxylic acids is 1. The van der Waals surface area contributed by atoms with Crippen molar-refractivity contribution in [2.45, 2.75) is 41.0 Å². The first-order valence-corrected chi connectivity index (χ1v) is 6.10. The Labute approximate surface area is 103 Å². The van der Waals surface area contributed by atoms with Crippen LogP contribution in [-0.2, 0) is 9.59 Å². The molecule has 1 aliphatic carbocycles. The molecule has 1 aliphatic rings. The lowest BCUT2D eigenvalue weighted by molar-refractivity contribution is -0.138. The van der Waals surface area contributed by atoms with E-state index in [-0.39, 0.29) is 35.0 Å². The lowest BCUT2D eigenvalue weighted by Crippen LogP contribution is -2.32. The quantitative estimate of drug-likeness (QED) is 0.772. The van der Waals surface area contributed by atoms with Gasteiger partial charge in [-0.25, -0.2) is 0 Å². The van der Waals surface area contributed by atoms with Crippen LogP contribution in [0.2, 0.25) is 0 Å². The number of carboxylic acids is 1. The molecule has 0 aromatic carbocycles. The van der Waals surface area contributed by atoms with Gasteiger partial charge in [-0.2, -0.15) is 0 Å². The van der Waals surface area contributed by atoms with E-state index >= 15 is 0 Å². The third kappa shape index (κ3) is 2.61. The summed E-state index contributed by atoms with van der Waals surface area (Å²) in [6.07, 6.45) is 0.0950. The summed E-state index contributed by atoms with van der Waals surface area (Å²) in [5, 5.41) is 11.5. The van der Waals surface area contributed by atoms with E-state index in [4.69, 9.17) is 5.11 Å². The van der Waals surface area contributed by atoms with Crippen molar-refractivity contribution in [1.29, 1.82) is 0 Å². The summed E-state index contributed by atoms with van der Waals surface area (Å²) in [7, 11) is 0. The molecule has 17 heavy (non-hydrogen) atoms. The minimum absolute atomic E-state index is 0.0265. The second-order valence-corrected chi connectivity index (χ2v) is 6.32. The fourth-order valence-corrected chi connectivity index (χ4v) is 2.60. The Morgan fingerprint density at radius 2 is 1.71 bits per heavy atom. The van der Waals surface area contributed by atoms with Gasteiger partial charge in [-0.15, -0.1) is 0 Å². The fraction of sp³-hybridized carbons (Fsp3) is 0.846. The van der Waals surface area contributed by atoms with Crippen LogP contribution in [0.1, 0.15) is 41.0 Å². The number of carbonyl (C=O) groups is 2. The van der Waals surface area contributed by atoms with E-state index in [1.807, 2.05) is 6.92 Å². The summed E-state index contributed by atoms with van der Waals surface area (Å²) in [6, 6.07) is 0. The molecule has 0 bridgehead atoms. The maximum Gasteiger partial charge on any atom is 0.303 e. The Hall–Kier alpha value is -1.06. The van der Waals surface area contributed by atoms with Gasteiger partial charge in [0.25, 0.3) is 0 Å². The third-order valence-corrected chi connectivity index (χ3v) is 4.43. The van der Waals surface area contributed by atoms with Crippen molar-refractivity contribution in [3.8, 4) is 0 Å². The Kier molecular flexibility index (Phi) is 3.55. The van der Waals surface area contributed by atoms with Crippen LogP contribution in [0.15, 0.2) is 0 Å². The van der Waals surface area contributed by atoms with Crippen molar-refractivity contribution >= 4 is 11.9 Å². The fourth-order valence-electron chi connectivity index (χ4n) is 2.60. The number of amides is 1. The molecule has 98 valence electrons. The van der Waals surface area contributed by atoms with Crippen molar-refractivity contribution in [3.05, 3.63) is 0 Å². The number of nitrogens with one attached hydrogen (secondary N) is 1. The first-order chi connectivity index (χ1) is 7.60. The smallest absolute Gasteiger partial charge is 0.303 e. The zero-order valence-corrected chi connectivity index (χ0v) is 11.3. The number of aliphatic carboxylic acids is 1. The predicted octanol–water partition coefficient (Wildman–Crippen LogP) is 1.90. The largest absolute Gasteiger partial charge is 0.481 e. The predicted molar refractivity (Wildman–Crippen MR) is 65.5 cm³/mol. The lowest BCUT2D eigenvalue weighted by Gasteiger charge is -2.11. The van der Waals surface area contributed by atoms with Crippen LogP contribution in [0, 0.1) is 22.7 Å². The average molecular weight is 241 g/mol. The van der Waals surface area contributed by atoms with Gasteiger partial charge in [-0.05, 0) is 16.7 Å². The number of carboxylic acid groups (broad SMARTS) is 1. The molecular formula is C13H23NO3. The van der Waals surface area contributed by atoms with Crippen LogP contribution in [0.5, 0.6) is 0 Å². The Bertz CT molecular complexity index is 320. The van der Waals surface area contributed by atoms with Crippen LogP contribution in [0.3, 0.4) is 0 Å². The molecule has 0 aromatic heterocycles. The molecule has 0 heterocycles. The maximum atomic E-state index is 12.0. The van der Waals surface area contributed by atoms with Crippen LogP contribution in [0.4, 0.5) is 0 Å². The third-order valence-electron chi connectivity index (χ3n) is 4.43. The van der Waals surface area contributed by atoms with Gasteiger partial charge in [-0.3, -0.25) is 9.59 Å². The molecule has 1 saturated carbocycles. The molecule has 0 aliphatic heterocycles. The molecule has 1 rings (SSSR count). The summed E-state index contributed by atoms with van der Waals surface area (Å²) in [5.74, 6) is -0.760. The van der Waals surface area contributed by atoms with E-state index in [0.29, 0.717) is 6.54 Å². The van der Waals surface area contributed by atoms with E-state index in [2.05, 4.69) is 33.0 Å². The molecule has 0 saturated heterocycles. The molecule has 0 radical (unpaired) electrons. The zero-order chi connectivity index (χ0) is 13.4. The summed E-state index contributed by atoms with van der Waals surface area (Å²) in [6.45, 7) is 10.6. The highest BCUT2D eigenvalue weighted by molar-refractivity contribution is 5.84. The SMILES string of the molecule is C[C@H](CNC(=O)C1C(C)(C)C1(C)C)CC(=O)O. The van der Waals surface area contributed by atoms with E-state index in [1.165, 1.54) is 0 Å². The summed E-state index contributed by atoms with van der Waals surface area (Å²) >= 11 is 0. The van der Waals surface area contributed by atoms with E-state index in [1.54, 1.807) is 0 Å². The minimum Gasteiger partial charge on any atom is -0.481 e. The average Bonchev–Trinajstić information content (AvgIpc) is 2.52. The van der Waals surface area contributed by atoms with Gasteiger partial charge in [-0.1, -0.05) is 34.6 Å². The molecule has 1 amide bonds. The van der Waals surface area contributed by atoms with Gasteiger partial charge in [0.1, 0.15) is 0 Å². The van der Waals surface area contributed by atoms with Gasteiger partial charge in [0.2, 0.25) is 5.91 Å². The number of hydrogen-bond donors (Lipinski definition) is 2. The number of rotatable bonds is 5. The summed E-state index contributed by atoms with van der Waals surface area (Å²) in [4.78, 5) is 22.5. The van der Waals surface area contributed by atoms with Crippen molar-refractivity contribution < 1.29 is 14.7 Å². The van der Waals surface area contributed by atoms with Crippen LogP contribution < -0.4 is 5.32 Å². The Morgan fingerprint density at radius 1 is 1.24 bits per heavy atom. The highest BCUT2D eigenvalue weighted by atomic mass is 16.4. The van der Waals surface area contributed by atoms with Gasteiger partial charge < -0.3 is 10.4 Å². The van der Waals surface area contributed by atoms with E-state index < -0.39 is 5.97 Å². The lowest BCUT2D eigenvalue weighted by atomic mass is 10.0. The summed E-state index contributed by atoms with van der Waals surface area (Å²) in [5.41, 5.74) is 0.0697. The van der Waals surface area contributed by atoms with Gasteiger partial charge in [0.15, 0.2) is 0 Å². The molecule has 0 spiro atoms. The molecule has 4 nitrogen and oxygen atoms in total. The molecular weight excluding hydrogens is 218 g/mol. The monoisotopic (exact) mass is 241 g/mol. The molecule has 2 N–H and O–H groups in total. The first-order valence-electron chi connectivity index (χ1n) is 6.10. The van der Waals surface area contributed by atoms with Gasteiger partial charge in [0.05, 0.1) is 0 Å². The normalized spacial score (nSPS) is 22.9. The summed E-state index contributed by atoms with van der Waals surface area (Å²) < 4.78 is 0. The molecule has 0 unspecified atom stereocenters. The van der Waals surface area contributed by atoms with E-state index in [0.717, 1.165) is 0 Å². The van der Waals surface area contributed by atoms with E-state index in [9.17, 15) is 9.59 Å². The molecule has 4 heteroatoms. The standard InChI is InChI=1S/C13H23NO3/c1-8(6-9(15)16)7-14-11(17)10-12(2,3)13(10,4)5/h8,10H,6-7H2,1-5H3,(H,14,17)(H,15,16)/t8-/m0/s1. The second kappa shape index (κ2) is 4.31. The van der Waals surface area contributed by atoms with Crippen LogP contribution >= 0.6 is 0 Å². The highest BCUT2D eigenvalue weighted by Crippen LogP contribution is 2.68. The van der Waals surface area contributed by atoms with Crippen LogP contribution in [-0.4, -0.2) is 23.5 Å². The molecule has 1 fully saturated rings. The van der Waals surface area contributed by atoms with Crippen molar-refractivity contribution in [2.75, 3.05) is 6.54 Å².